The van der Waals surface area contributed by atoms with Crippen LogP contribution < -0.4 is 10.6 Å². The zero-order valence-electron chi connectivity index (χ0n) is 12.6. The lowest BCUT2D eigenvalue weighted by Gasteiger charge is -2.20. The van der Waals surface area contributed by atoms with Crippen molar-refractivity contribution < 1.29 is 0 Å². The lowest BCUT2D eigenvalue weighted by atomic mass is 10.1. The van der Waals surface area contributed by atoms with Crippen LogP contribution in [0.3, 0.4) is 0 Å². The number of aryl methyl sites for hydroxylation is 1. The first-order valence-corrected chi connectivity index (χ1v) is 6.92. The zero-order valence-corrected chi connectivity index (χ0v) is 12.6. The molecule has 0 amide bonds. The number of H-pyrrole nitrogens is 1. The molecule has 20 heavy (non-hydrogen) atoms. The van der Waals surface area contributed by atoms with Crippen molar-refractivity contribution >= 4 is 5.69 Å². The summed E-state index contributed by atoms with van der Waals surface area (Å²) in [5.41, 5.74) is 2.25. The van der Waals surface area contributed by atoms with Gasteiger partial charge in [-0.15, -0.1) is 0 Å². The molecule has 2 rings (SSSR count). The predicted octanol–water partition coefficient (Wildman–Crippen LogP) is 2.58. The average molecular weight is 273 g/mol. The Morgan fingerprint density at radius 2 is 2.00 bits per heavy atom. The van der Waals surface area contributed by atoms with E-state index in [4.69, 9.17) is 0 Å². The summed E-state index contributed by atoms with van der Waals surface area (Å²) in [6, 6.07) is 8.15. The number of anilines is 1. The van der Waals surface area contributed by atoms with Crippen molar-refractivity contribution in [2.24, 2.45) is 0 Å². The quantitative estimate of drug-likeness (QED) is 0.733. The first-order valence-electron chi connectivity index (χ1n) is 6.92. The van der Waals surface area contributed by atoms with E-state index >= 15 is 0 Å². The zero-order chi connectivity index (χ0) is 14.6. The lowest BCUT2D eigenvalue weighted by Crippen LogP contribution is -2.38. The molecule has 0 radical (unpaired) electrons. The molecule has 0 aliphatic heterocycles. The highest BCUT2D eigenvalue weighted by Crippen LogP contribution is 2.18. The smallest absolute Gasteiger partial charge is 0.181 e. The Hall–Kier alpha value is -1.88. The third kappa shape index (κ3) is 4.35. The molecule has 1 aromatic heterocycles. The molecule has 5 nitrogen and oxygen atoms in total. The highest BCUT2D eigenvalue weighted by atomic mass is 15.2. The Kier molecular flexibility index (Phi) is 4.39. The second-order valence-electron chi connectivity index (χ2n) is 5.93. The van der Waals surface area contributed by atoms with Gasteiger partial charge in [-0.25, -0.2) is 4.98 Å². The van der Waals surface area contributed by atoms with Gasteiger partial charge in [0.2, 0.25) is 0 Å². The number of hydrogen-bond acceptors (Lipinski definition) is 4. The maximum absolute atomic E-state index is 4.34. The molecule has 0 saturated carbocycles. The number of aromatic nitrogens is 3. The number of benzene rings is 1. The molecule has 2 aromatic rings. The van der Waals surface area contributed by atoms with Crippen LogP contribution in [0.1, 0.15) is 26.6 Å². The molecule has 1 heterocycles. The number of rotatable bonds is 5. The highest BCUT2D eigenvalue weighted by molar-refractivity contribution is 5.62. The van der Waals surface area contributed by atoms with Crippen LogP contribution in [0.15, 0.2) is 24.3 Å². The van der Waals surface area contributed by atoms with E-state index in [0.717, 1.165) is 36.0 Å². The van der Waals surface area contributed by atoms with Crippen LogP contribution in [-0.2, 0) is 0 Å². The largest absolute Gasteiger partial charge is 0.384 e. The summed E-state index contributed by atoms with van der Waals surface area (Å²) in [6.45, 7) is 10.2. The van der Waals surface area contributed by atoms with E-state index in [1.54, 1.807) is 0 Å². The third-order valence-electron chi connectivity index (χ3n) is 2.83. The van der Waals surface area contributed by atoms with Gasteiger partial charge in [0.1, 0.15) is 5.82 Å². The molecular formula is C15H23N5. The molecule has 0 saturated heterocycles. The van der Waals surface area contributed by atoms with Crippen molar-refractivity contribution in [3.8, 4) is 11.4 Å². The van der Waals surface area contributed by atoms with Gasteiger partial charge in [0.25, 0.3) is 0 Å². The Labute approximate surface area is 120 Å². The molecule has 0 fully saturated rings. The standard InChI is InChI=1S/C15H23N5/c1-11-18-14(20-19-11)12-6-5-7-13(10-12)16-8-9-17-15(2,3)4/h5-7,10,16-17H,8-9H2,1-4H3,(H,18,19,20). The minimum absolute atomic E-state index is 0.153. The Morgan fingerprint density at radius 3 is 2.65 bits per heavy atom. The van der Waals surface area contributed by atoms with Gasteiger partial charge in [-0.3, -0.25) is 5.10 Å². The summed E-state index contributed by atoms with van der Waals surface area (Å²) in [7, 11) is 0. The fourth-order valence-electron chi connectivity index (χ4n) is 1.88. The number of hydrogen-bond donors (Lipinski definition) is 3. The summed E-state index contributed by atoms with van der Waals surface area (Å²) in [5, 5.41) is 13.9. The predicted molar refractivity (Wildman–Crippen MR) is 82.8 cm³/mol. The van der Waals surface area contributed by atoms with Crippen molar-refractivity contribution in [3.05, 3.63) is 30.1 Å². The van der Waals surface area contributed by atoms with Gasteiger partial charge < -0.3 is 10.6 Å². The monoisotopic (exact) mass is 273 g/mol. The first kappa shape index (κ1) is 14.5. The lowest BCUT2D eigenvalue weighted by molar-refractivity contribution is 0.435. The second-order valence-corrected chi connectivity index (χ2v) is 5.93. The van der Waals surface area contributed by atoms with E-state index in [1.165, 1.54) is 0 Å². The summed E-state index contributed by atoms with van der Waals surface area (Å²) in [5.74, 6) is 1.56. The van der Waals surface area contributed by atoms with Crippen LogP contribution in [0.4, 0.5) is 5.69 Å². The first-order chi connectivity index (χ1) is 9.44. The van der Waals surface area contributed by atoms with Gasteiger partial charge in [-0.1, -0.05) is 12.1 Å². The minimum atomic E-state index is 0.153. The molecule has 5 heteroatoms. The summed E-state index contributed by atoms with van der Waals surface area (Å²) in [4.78, 5) is 4.34. The molecule has 0 aliphatic rings. The summed E-state index contributed by atoms with van der Waals surface area (Å²) in [6.07, 6.45) is 0. The molecule has 0 bridgehead atoms. The molecular weight excluding hydrogens is 250 g/mol. The molecule has 0 spiro atoms. The van der Waals surface area contributed by atoms with Crippen LogP contribution in [0.2, 0.25) is 0 Å². The van der Waals surface area contributed by atoms with Crippen molar-refractivity contribution in [1.82, 2.24) is 20.5 Å². The van der Waals surface area contributed by atoms with Crippen LogP contribution in [0.25, 0.3) is 11.4 Å². The van der Waals surface area contributed by atoms with E-state index in [9.17, 15) is 0 Å². The minimum Gasteiger partial charge on any atom is -0.384 e. The number of nitrogens with one attached hydrogen (secondary N) is 3. The summed E-state index contributed by atoms with van der Waals surface area (Å²) >= 11 is 0. The second kappa shape index (κ2) is 6.05. The number of aromatic amines is 1. The van der Waals surface area contributed by atoms with Crippen LogP contribution in [0, 0.1) is 6.92 Å². The highest BCUT2D eigenvalue weighted by Gasteiger charge is 2.07. The third-order valence-corrected chi connectivity index (χ3v) is 2.83. The van der Waals surface area contributed by atoms with Gasteiger partial charge >= 0.3 is 0 Å². The Morgan fingerprint density at radius 1 is 1.20 bits per heavy atom. The van der Waals surface area contributed by atoms with Crippen LogP contribution in [-0.4, -0.2) is 33.8 Å². The molecule has 108 valence electrons. The van der Waals surface area contributed by atoms with Crippen LogP contribution >= 0.6 is 0 Å². The molecule has 0 aliphatic carbocycles. The molecule has 1 aromatic carbocycles. The summed E-state index contributed by atoms with van der Waals surface area (Å²) < 4.78 is 0. The maximum Gasteiger partial charge on any atom is 0.181 e. The molecule has 3 N–H and O–H groups in total. The van der Waals surface area contributed by atoms with Crippen molar-refractivity contribution in [3.63, 3.8) is 0 Å². The van der Waals surface area contributed by atoms with Crippen molar-refractivity contribution in [2.45, 2.75) is 33.2 Å². The Balaban J connectivity index is 1.93. The van der Waals surface area contributed by atoms with E-state index < -0.39 is 0 Å². The topological polar surface area (TPSA) is 65.6 Å². The van der Waals surface area contributed by atoms with Crippen LogP contribution in [0.5, 0.6) is 0 Å². The SMILES string of the molecule is Cc1nc(-c2cccc(NCCNC(C)(C)C)c2)n[nH]1. The van der Waals surface area contributed by atoms with Gasteiger partial charge in [0, 0.05) is 29.9 Å². The van der Waals surface area contributed by atoms with Gasteiger partial charge in [-0.2, -0.15) is 5.10 Å². The molecule has 0 unspecified atom stereocenters. The van der Waals surface area contributed by atoms with Crippen molar-refractivity contribution in [1.29, 1.82) is 0 Å². The fraction of sp³-hybridized carbons (Fsp3) is 0.467. The Bertz CT molecular complexity index is 553. The van der Waals surface area contributed by atoms with E-state index in [-0.39, 0.29) is 5.54 Å². The number of nitrogens with zero attached hydrogens (tertiary/aromatic N) is 2. The average Bonchev–Trinajstić information content (AvgIpc) is 2.81. The van der Waals surface area contributed by atoms with E-state index in [2.05, 4.69) is 58.7 Å². The molecule has 0 atom stereocenters. The maximum atomic E-state index is 4.34. The van der Waals surface area contributed by atoms with Gasteiger partial charge in [0.05, 0.1) is 0 Å². The normalized spacial score (nSPS) is 11.6. The fourth-order valence-corrected chi connectivity index (χ4v) is 1.88. The van der Waals surface area contributed by atoms with Gasteiger partial charge in [0.15, 0.2) is 5.82 Å². The van der Waals surface area contributed by atoms with E-state index in [1.807, 2.05) is 19.1 Å². The van der Waals surface area contributed by atoms with Crippen molar-refractivity contribution in [2.75, 3.05) is 18.4 Å². The van der Waals surface area contributed by atoms with E-state index in [0.29, 0.717) is 0 Å². The van der Waals surface area contributed by atoms with Gasteiger partial charge in [-0.05, 0) is 39.8 Å².